The Labute approximate surface area is 140 Å². The highest BCUT2D eigenvalue weighted by atomic mass is 19.1. The summed E-state index contributed by atoms with van der Waals surface area (Å²) in [5.41, 5.74) is 2.36. The predicted octanol–water partition coefficient (Wildman–Crippen LogP) is 3.47. The third-order valence-corrected chi connectivity index (χ3v) is 4.29. The molecule has 0 saturated carbocycles. The molecule has 3 rings (SSSR count). The molecule has 2 aromatic carbocycles. The second kappa shape index (κ2) is 7.14. The molecule has 1 fully saturated rings. The number of carbonyl (C=O) groups excluding carboxylic acids is 1. The van der Waals surface area contributed by atoms with Gasteiger partial charge in [0.1, 0.15) is 5.82 Å². The van der Waals surface area contributed by atoms with Crippen LogP contribution in [0.3, 0.4) is 0 Å². The molecule has 0 aliphatic carbocycles. The van der Waals surface area contributed by atoms with Crippen molar-refractivity contribution in [2.24, 2.45) is 0 Å². The summed E-state index contributed by atoms with van der Waals surface area (Å²) in [6.07, 6.45) is 1.85. The van der Waals surface area contributed by atoms with Crippen LogP contribution in [0.5, 0.6) is 0 Å². The second-order valence-corrected chi connectivity index (χ2v) is 5.84. The number of hydrogen-bond donors (Lipinski definition) is 1. The molecule has 1 atom stereocenters. The Hall–Kier alpha value is -2.87. The van der Waals surface area contributed by atoms with E-state index in [1.165, 1.54) is 12.1 Å². The number of nitriles is 1. The van der Waals surface area contributed by atoms with Crippen molar-refractivity contribution in [2.75, 3.05) is 18.4 Å². The smallest absolute Gasteiger partial charge is 0.242 e. The van der Waals surface area contributed by atoms with Gasteiger partial charge in [-0.1, -0.05) is 12.1 Å². The Kier molecular flexibility index (Phi) is 4.76. The number of likely N-dealkylation sites (tertiary alicyclic amines) is 1. The third-order valence-electron chi connectivity index (χ3n) is 4.29. The van der Waals surface area contributed by atoms with Crippen molar-refractivity contribution in [2.45, 2.75) is 18.9 Å². The van der Waals surface area contributed by atoms with Crippen LogP contribution in [0.25, 0.3) is 0 Å². The molecule has 0 spiro atoms. The fourth-order valence-electron chi connectivity index (χ4n) is 3.04. The Morgan fingerprint density at radius 2 is 1.92 bits per heavy atom. The Balaban J connectivity index is 1.63. The van der Waals surface area contributed by atoms with Crippen molar-refractivity contribution >= 4 is 11.6 Å². The largest absolute Gasteiger partial charge is 0.376 e. The number of anilines is 1. The number of hydrogen-bond acceptors (Lipinski definition) is 3. The summed E-state index contributed by atoms with van der Waals surface area (Å²) in [5, 5.41) is 11.9. The molecule has 4 nitrogen and oxygen atoms in total. The second-order valence-electron chi connectivity index (χ2n) is 5.84. The minimum Gasteiger partial charge on any atom is -0.376 e. The maximum Gasteiger partial charge on any atom is 0.242 e. The summed E-state index contributed by atoms with van der Waals surface area (Å²) >= 11 is 0. The minimum absolute atomic E-state index is 0.0147. The van der Waals surface area contributed by atoms with E-state index in [2.05, 4.69) is 11.4 Å². The van der Waals surface area contributed by atoms with Crippen LogP contribution < -0.4 is 5.32 Å². The van der Waals surface area contributed by atoms with Gasteiger partial charge in [0.2, 0.25) is 5.91 Å². The molecule has 1 amide bonds. The fraction of sp³-hybridized carbons (Fsp3) is 0.263. The van der Waals surface area contributed by atoms with Crippen molar-refractivity contribution in [3.8, 4) is 6.07 Å². The van der Waals surface area contributed by atoms with E-state index in [1.807, 2.05) is 4.90 Å². The molecular weight excluding hydrogens is 305 g/mol. The van der Waals surface area contributed by atoms with Crippen LogP contribution in [-0.4, -0.2) is 23.9 Å². The molecule has 0 radical (unpaired) electrons. The number of carbonyl (C=O) groups is 1. The molecule has 1 aliphatic rings. The lowest BCUT2D eigenvalue weighted by atomic mass is 10.0. The van der Waals surface area contributed by atoms with Gasteiger partial charge in [-0.15, -0.1) is 0 Å². The summed E-state index contributed by atoms with van der Waals surface area (Å²) in [7, 11) is 0. The van der Waals surface area contributed by atoms with Gasteiger partial charge in [0, 0.05) is 12.2 Å². The molecule has 1 aliphatic heterocycles. The minimum atomic E-state index is -0.267. The van der Waals surface area contributed by atoms with Gasteiger partial charge in [0.15, 0.2) is 0 Å². The summed E-state index contributed by atoms with van der Waals surface area (Å²) in [6, 6.07) is 15.4. The van der Waals surface area contributed by atoms with Gasteiger partial charge in [-0.25, -0.2) is 4.39 Å². The lowest BCUT2D eigenvalue weighted by Gasteiger charge is -2.25. The van der Waals surface area contributed by atoms with Gasteiger partial charge in [-0.05, 0) is 54.8 Å². The van der Waals surface area contributed by atoms with Gasteiger partial charge < -0.3 is 10.2 Å². The molecule has 122 valence electrons. The van der Waals surface area contributed by atoms with Gasteiger partial charge in [-0.2, -0.15) is 5.26 Å². The van der Waals surface area contributed by atoms with E-state index in [0.29, 0.717) is 5.56 Å². The molecule has 1 heterocycles. The van der Waals surface area contributed by atoms with Crippen LogP contribution in [0.15, 0.2) is 48.5 Å². The maximum atomic E-state index is 13.1. The maximum absolute atomic E-state index is 13.1. The van der Waals surface area contributed by atoms with E-state index in [-0.39, 0.29) is 24.3 Å². The summed E-state index contributed by atoms with van der Waals surface area (Å²) < 4.78 is 13.1. The van der Waals surface area contributed by atoms with Crippen LogP contribution in [0.2, 0.25) is 0 Å². The number of nitrogens with zero attached hydrogens (tertiary/aromatic N) is 2. The normalized spacial score (nSPS) is 16.7. The van der Waals surface area contributed by atoms with Crippen LogP contribution in [0.1, 0.15) is 30.0 Å². The monoisotopic (exact) mass is 323 g/mol. The molecule has 1 N–H and O–H groups in total. The highest BCUT2D eigenvalue weighted by Gasteiger charge is 2.29. The Morgan fingerprint density at radius 1 is 1.21 bits per heavy atom. The van der Waals surface area contributed by atoms with Crippen LogP contribution in [0.4, 0.5) is 10.1 Å². The van der Waals surface area contributed by atoms with E-state index in [1.54, 1.807) is 36.4 Å². The first kappa shape index (κ1) is 16.0. The standard InChI is InChI=1S/C19H18FN3O/c20-16-7-5-15(6-8-16)18-2-1-11-23(18)19(24)13-22-17-9-3-14(12-21)4-10-17/h3-10,18,22H,1-2,11,13H2. The van der Waals surface area contributed by atoms with Crippen molar-refractivity contribution in [1.29, 1.82) is 5.26 Å². The van der Waals surface area contributed by atoms with Gasteiger partial charge in [0.25, 0.3) is 0 Å². The average molecular weight is 323 g/mol. The number of rotatable bonds is 4. The number of halogens is 1. The quantitative estimate of drug-likeness (QED) is 0.937. The van der Waals surface area contributed by atoms with E-state index >= 15 is 0 Å². The van der Waals surface area contributed by atoms with Crippen molar-refractivity contribution < 1.29 is 9.18 Å². The van der Waals surface area contributed by atoms with Crippen molar-refractivity contribution in [3.05, 3.63) is 65.5 Å². The molecule has 1 unspecified atom stereocenters. The highest BCUT2D eigenvalue weighted by molar-refractivity contribution is 5.81. The van der Waals surface area contributed by atoms with E-state index in [0.717, 1.165) is 30.6 Å². The van der Waals surface area contributed by atoms with Crippen molar-refractivity contribution in [1.82, 2.24) is 4.90 Å². The van der Waals surface area contributed by atoms with Crippen LogP contribution in [-0.2, 0) is 4.79 Å². The zero-order valence-corrected chi connectivity index (χ0v) is 13.2. The third kappa shape index (κ3) is 3.54. The first-order valence-electron chi connectivity index (χ1n) is 7.96. The highest BCUT2D eigenvalue weighted by Crippen LogP contribution is 2.31. The molecule has 0 aromatic heterocycles. The summed E-state index contributed by atoms with van der Waals surface area (Å²) in [4.78, 5) is 14.4. The van der Waals surface area contributed by atoms with Gasteiger partial charge in [-0.3, -0.25) is 4.79 Å². The predicted molar refractivity (Wildman–Crippen MR) is 89.7 cm³/mol. The number of amides is 1. The van der Waals surface area contributed by atoms with Crippen LogP contribution >= 0.6 is 0 Å². The lowest BCUT2D eigenvalue weighted by Crippen LogP contribution is -2.35. The first-order valence-corrected chi connectivity index (χ1v) is 7.96. The topological polar surface area (TPSA) is 56.1 Å². The van der Waals surface area contributed by atoms with Gasteiger partial charge in [0.05, 0.1) is 24.2 Å². The zero-order chi connectivity index (χ0) is 16.9. The molecule has 1 saturated heterocycles. The van der Waals surface area contributed by atoms with Gasteiger partial charge >= 0.3 is 0 Å². The molecular formula is C19H18FN3O. The Morgan fingerprint density at radius 3 is 2.58 bits per heavy atom. The fourth-order valence-corrected chi connectivity index (χ4v) is 3.04. The SMILES string of the molecule is N#Cc1ccc(NCC(=O)N2CCCC2c2ccc(F)cc2)cc1. The zero-order valence-electron chi connectivity index (χ0n) is 13.2. The van der Waals surface area contributed by atoms with E-state index in [9.17, 15) is 9.18 Å². The molecule has 5 heteroatoms. The van der Waals surface area contributed by atoms with Crippen LogP contribution in [0, 0.1) is 17.1 Å². The van der Waals surface area contributed by atoms with Crippen molar-refractivity contribution in [3.63, 3.8) is 0 Å². The van der Waals surface area contributed by atoms with E-state index < -0.39 is 0 Å². The summed E-state index contributed by atoms with van der Waals surface area (Å²) in [6.45, 7) is 0.916. The van der Waals surface area contributed by atoms with E-state index in [4.69, 9.17) is 5.26 Å². The summed E-state index contributed by atoms with van der Waals surface area (Å²) in [5.74, 6) is -0.247. The Bertz CT molecular complexity index is 750. The molecule has 0 bridgehead atoms. The molecule has 2 aromatic rings. The number of benzene rings is 2. The average Bonchev–Trinajstić information content (AvgIpc) is 3.10. The number of nitrogens with one attached hydrogen (secondary N) is 1. The first-order chi connectivity index (χ1) is 11.7. The molecule has 24 heavy (non-hydrogen) atoms. The lowest BCUT2D eigenvalue weighted by molar-refractivity contribution is -0.130.